The van der Waals surface area contributed by atoms with Gasteiger partial charge in [0, 0.05) is 20.6 Å². The van der Waals surface area contributed by atoms with Crippen molar-refractivity contribution in [2.75, 3.05) is 11.6 Å². The van der Waals surface area contributed by atoms with E-state index in [1.165, 1.54) is 0 Å². The van der Waals surface area contributed by atoms with Gasteiger partial charge in [-0.05, 0) is 61.2 Å². The van der Waals surface area contributed by atoms with Crippen LogP contribution in [0, 0.1) is 6.92 Å². The van der Waals surface area contributed by atoms with Crippen LogP contribution in [-0.2, 0) is 0 Å². The number of aryl methyl sites for hydroxylation is 1. The minimum Gasteiger partial charge on any atom is -0.322 e. The van der Waals surface area contributed by atoms with E-state index >= 15 is 0 Å². The number of thioether (sulfide) groups is 1. The Labute approximate surface area is 125 Å². The van der Waals surface area contributed by atoms with E-state index in [1.54, 1.807) is 11.8 Å². The molecule has 0 unspecified atom stereocenters. The Bertz CT molecular complexity index is 575. The van der Waals surface area contributed by atoms with Crippen LogP contribution < -0.4 is 5.32 Å². The summed E-state index contributed by atoms with van der Waals surface area (Å²) >= 11 is 5.08. The van der Waals surface area contributed by atoms with Crippen molar-refractivity contribution >= 4 is 39.3 Å². The van der Waals surface area contributed by atoms with Crippen LogP contribution in [0.15, 0.2) is 51.8 Å². The lowest BCUT2D eigenvalue weighted by Gasteiger charge is -2.07. The third-order valence-electron chi connectivity index (χ3n) is 2.65. The number of nitrogens with one attached hydrogen (secondary N) is 1. The second-order valence-electron chi connectivity index (χ2n) is 4.20. The molecular weight excluding hydrogens is 322 g/mol. The maximum Gasteiger partial charge on any atom is 0.255 e. The van der Waals surface area contributed by atoms with E-state index in [9.17, 15) is 4.79 Å². The number of carbonyl (C=O) groups excluding carboxylic acids is 1. The molecule has 98 valence electrons. The summed E-state index contributed by atoms with van der Waals surface area (Å²) in [6.45, 7) is 1.99. The van der Waals surface area contributed by atoms with Gasteiger partial charge in [0.25, 0.3) is 5.91 Å². The Morgan fingerprint density at radius 3 is 2.42 bits per heavy atom. The van der Waals surface area contributed by atoms with Gasteiger partial charge in [0.2, 0.25) is 0 Å². The molecule has 1 amide bonds. The van der Waals surface area contributed by atoms with Crippen LogP contribution in [0.5, 0.6) is 0 Å². The smallest absolute Gasteiger partial charge is 0.255 e. The van der Waals surface area contributed by atoms with Gasteiger partial charge in [0.05, 0.1) is 0 Å². The molecular formula is C15H14BrNOS. The lowest BCUT2D eigenvalue weighted by atomic mass is 10.2. The molecule has 4 heteroatoms. The molecule has 0 saturated heterocycles. The average molecular weight is 336 g/mol. The van der Waals surface area contributed by atoms with Crippen LogP contribution in [0.2, 0.25) is 0 Å². The molecule has 1 N–H and O–H groups in total. The first kappa shape index (κ1) is 14.2. The van der Waals surface area contributed by atoms with Gasteiger partial charge in [0.1, 0.15) is 0 Å². The highest BCUT2D eigenvalue weighted by Gasteiger charge is 2.06. The zero-order valence-electron chi connectivity index (χ0n) is 10.7. The highest BCUT2D eigenvalue weighted by molar-refractivity contribution is 9.10. The van der Waals surface area contributed by atoms with Crippen LogP contribution in [0.1, 0.15) is 15.9 Å². The summed E-state index contributed by atoms with van der Waals surface area (Å²) in [4.78, 5) is 13.3. The summed E-state index contributed by atoms with van der Waals surface area (Å²) in [7, 11) is 0. The molecule has 2 nitrogen and oxygen atoms in total. The fourth-order valence-electron chi connectivity index (χ4n) is 1.75. The fourth-order valence-corrected chi connectivity index (χ4v) is 2.77. The summed E-state index contributed by atoms with van der Waals surface area (Å²) in [5, 5.41) is 2.90. The van der Waals surface area contributed by atoms with Gasteiger partial charge in [-0.25, -0.2) is 0 Å². The van der Waals surface area contributed by atoms with E-state index in [4.69, 9.17) is 0 Å². The molecule has 0 saturated carbocycles. The third kappa shape index (κ3) is 3.85. The van der Waals surface area contributed by atoms with E-state index in [2.05, 4.69) is 21.2 Å². The number of benzene rings is 2. The van der Waals surface area contributed by atoms with Crippen molar-refractivity contribution in [3.8, 4) is 0 Å². The van der Waals surface area contributed by atoms with Crippen LogP contribution in [0.25, 0.3) is 0 Å². The minimum atomic E-state index is -0.0925. The first-order valence-electron chi connectivity index (χ1n) is 5.81. The van der Waals surface area contributed by atoms with Crippen molar-refractivity contribution in [3.05, 3.63) is 58.1 Å². The maximum atomic E-state index is 12.1. The number of amides is 1. The van der Waals surface area contributed by atoms with E-state index in [0.29, 0.717) is 5.56 Å². The molecule has 2 aromatic carbocycles. The van der Waals surface area contributed by atoms with Crippen molar-refractivity contribution in [1.82, 2.24) is 0 Å². The van der Waals surface area contributed by atoms with Gasteiger partial charge in [-0.1, -0.05) is 15.9 Å². The average Bonchev–Trinajstić information content (AvgIpc) is 2.37. The van der Waals surface area contributed by atoms with E-state index < -0.39 is 0 Å². The summed E-state index contributed by atoms with van der Waals surface area (Å²) in [6.07, 6.45) is 2.01. The van der Waals surface area contributed by atoms with Crippen LogP contribution in [0.4, 0.5) is 5.69 Å². The molecule has 0 spiro atoms. The fraction of sp³-hybridized carbons (Fsp3) is 0.133. The Morgan fingerprint density at radius 1 is 1.16 bits per heavy atom. The Balaban J connectivity index is 2.15. The normalized spacial score (nSPS) is 10.3. The van der Waals surface area contributed by atoms with Gasteiger partial charge in [-0.3, -0.25) is 4.79 Å². The largest absolute Gasteiger partial charge is 0.322 e. The number of anilines is 1. The molecule has 0 radical (unpaired) electrons. The van der Waals surface area contributed by atoms with Gasteiger partial charge in [-0.2, -0.15) is 0 Å². The zero-order chi connectivity index (χ0) is 13.8. The van der Waals surface area contributed by atoms with Gasteiger partial charge >= 0.3 is 0 Å². The molecule has 0 aliphatic rings. The first-order valence-corrected chi connectivity index (χ1v) is 7.83. The Morgan fingerprint density at radius 2 is 1.84 bits per heavy atom. The molecule has 0 atom stereocenters. The molecule has 2 aromatic rings. The van der Waals surface area contributed by atoms with Crippen molar-refractivity contribution in [3.63, 3.8) is 0 Å². The standard InChI is InChI=1S/C15H14BrNOS/c1-10-7-12(16)9-13(8-10)17-15(18)11-3-5-14(19-2)6-4-11/h3-9H,1-2H3,(H,17,18). The van der Waals surface area contributed by atoms with Crippen LogP contribution in [0.3, 0.4) is 0 Å². The number of rotatable bonds is 3. The van der Waals surface area contributed by atoms with Gasteiger partial charge in [0.15, 0.2) is 0 Å². The second-order valence-corrected chi connectivity index (χ2v) is 6.00. The first-order chi connectivity index (χ1) is 9.08. The molecule has 0 aliphatic carbocycles. The second kappa shape index (κ2) is 6.26. The zero-order valence-corrected chi connectivity index (χ0v) is 13.1. The molecule has 0 heterocycles. The maximum absolute atomic E-state index is 12.1. The predicted octanol–water partition coefficient (Wildman–Crippen LogP) is 4.73. The molecule has 0 fully saturated rings. The van der Waals surface area contributed by atoms with E-state index in [-0.39, 0.29) is 5.91 Å². The Kier molecular flexibility index (Phi) is 4.66. The monoisotopic (exact) mass is 335 g/mol. The minimum absolute atomic E-state index is 0.0925. The van der Waals surface area contributed by atoms with Crippen molar-refractivity contribution in [2.45, 2.75) is 11.8 Å². The highest BCUT2D eigenvalue weighted by atomic mass is 79.9. The molecule has 0 bridgehead atoms. The van der Waals surface area contributed by atoms with Gasteiger partial charge < -0.3 is 5.32 Å². The quantitative estimate of drug-likeness (QED) is 0.821. The molecule has 0 aliphatic heterocycles. The van der Waals surface area contributed by atoms with Crippen molar-refractivity contribution < 1.29 is 4.79 Å². The topological polar surface area (TPSA) is 29.1 Å². The molecule has 0 aromatic heterocycles. The summed E-state index contributed by atoms with van der Waals surface area (Å²) in [6, 6.07) is 13.4. The number of carbonyl (C=O) groups is 1. The van der Waals surface area contributed by atoms with Crippen LogP contribution in [-0.4, -0.2) is 12.2 Å². The van der Waals surface area contributed by atoms with Gasteiger partial charge in [-0.15, -0.1) is 11.8 Å². The van der Waals surface area contributed by atoms with E-state index in [0.717, 1.165) is 20.6 Å². The number of hydrogen-bond donors (Lipinski definition) is 1. The Hall–Kier alpha value is -1.26. The number of halogens is 1. The van der Waals surface area contributed by atoms with E-state index in [1.807, 2.05) is 55.6 Å². The van der Waals surface area contributed by atoms with Crippen molar-refractivity contribution in [1.29, 1.82) is 0 Å². The summed E-state index contributed by atoms with van der Waals surface area (Å²) < 4.78 is 0.959. The molecule has 19 heavy (non-hydrogen) atoms. The highest BCUT2D eigenvalue weighted by Crippen LogP contribution is 2.20. The van der Waals surface area contributed by atoms with Crippen molar-refractivity contribution in [2.24, 2.45) is 0 Å². The SMILES string of the molecule is CSc1ccc(C(=O)Nc2cc(C)cc(Br)c2)cc1. The lowest BCUT2D eigenvalue weighted by Crippen LogP contribution is -2.11. The summed E-state index contributed by atoms with van der Waals surface area (Å²) in [5.41, 5.74) is 2.56. The lowest BCUT2D eigenvalue weighted by molar-refractivity contribution is 0.102. The molecule has 2 rings (SSSR count). The predicted molar refractivity (Wildman–Crippen MR) is 85.1 cm³/mol. The summed E-state index contributed by atoms with van der Waals surface area (Å²) in [5.74, 6) is -0.0925. The number of hydrogen-bond acceptors (Lipinski definition) is 2. The third-order valence-corrected chi connectivity index (χ3v) is 3.85. The van der Waals surface area contributed by atoms with Crippen LogP contribution >= 0.6 is 27.7 Å².